The Morgan fingerprint density at radius 3 is 2.15 bits per heavy atom. The van der Waals surface area contributed by atoms with Crippen molar-refractivity contribution in [3.8, 4) is 6.07 Å². The van der Waals surface area contributed by atoms with Crippen LogP contribution in [0.3, 0.4) is 0 Å². The molecule has 7 nitrogen and oxygen atoms in total. The average molecular weight is 496 g/mol. The fourth-order valence-electron chi connectivity index (χ4n) is 3.74. The van der Waals surface area contributed by atoms with Crippen LogP contribution in [-0.2, 0) is 16.6 Å². The first-order valence-electron chi connectivity index (χ1n) is 10.8. The van der Waals surface area contributed by atoms with E-state index < -0.39 is 32.4 Å². The Hall–Kier alpha value is -2.65. The summed E-state index contributed by atoms with van der Waals surface area (Å²) in [6.07, 6.45) is 0. The number of nitriles is 1. The molecule has 11 heteroatoms. The summed E-state index contributed by atoms with van der Waals surface area (Å²) in [4.78, 5) is 5.61. The molecule has 0 saturated carbocycles. The van der Waals surface area contributed by atoms with Crippen LogP contribution in [0, 0.1) is 28.8 Å². The van der Waals surface area contributed by atoms with Crippen LogP contribution >= 0.6 is 0 Å². The molecule has 2 aromatic rings. The summed E-state index contributed by atoms with van der Waals surface area (Å²) in [7, 11) is 1.82. The lowest BCUT2D eigenvalue weighted by Crippen LogP contribution is -2.48. The Labute approximate surface area is 198 Å². The van der Waals surface area contributed by atoms with Gasteiger partial charge in [0.2, 0.25) is 10.0 Å². The van der Waals surface area contributed by atoms with Crippen molar-refractivity contribution in [2.45, 2.75) is 11.4 Å². The summed E-state index contributed by atoms with van der Waals surface area (Å²) in [6.45, 7) is 3.12. The van der Waals surface area contributed by atoms with E-state index in [1.54, 1.807) is 6.07 Å². The molecule has 0 aliphatic carbocycles. The molecule has 2 aromatic carbocycles. The molecule has 3 rings (SSSR count). The highest BCUT2D eigenvalue weighted by molar-refractivity contribution is 7.89. The third-order valence-electron chi connectivity index (χ3n) is 5.85. The Morgan fingerprint density at radius 2 is 1.59 bits per heavy atom. The number of rotatable bonds is 8. The van der Waals surface area contributed by atoms with E-state index in [1.807, 2.05) is 38.2 Å². The van der Waals surface area contributed by atoms with Gasteiger partial charge in [-0.1, -0.05) is 0 Å². The van der Waals surface area contributed by atoms with Crippen LogP contribution in [0.4, 0.5) is 18.9 Å². The van der Waals surface area contributed by atoms with E-state index >= 15 is 0 Å². The predicted octanol–water partition coefficient (Wildman–Crippen LogP) is 2.48. The van der Waals surface area contributed by atoms with Gasteiger partial charge in [-0.3, -0.25) is 4.90 Å². The summed E-state index contributed by atoms with van der Waals surface area (Å²) in [5, 5.41) is 9.53. The van der Waals surface area contributed by atoms with Crippen molar-refractivity contribution >= 4 is 15.7 Å². The number of hydrogen-bond donors (Lipinski definition) is 0. The quantitative estimate of drug-likeness (QED) is 0.524. The highest BCUT2D eigenvalue weighted by Gasteiger charge is 2.30. The van der Waals surface area contributed by atoms with Crippen molar-refractivity contribution in [3.05, 3.63) is 58.9 Å². The van der Waals surface area contributed by atoms with Crippen molar-refractivity contribution in [2.24, 2.45) is 0 Å². The molecule has 1 aliphatic rings. The van der Waals surface area contributed by atoms with Crippen LogP contribution in [0.25, 0.3) is 0 Å². The second kappa shape index (κ2) is 10.7. The van der Waals surface area contributed by atoms with Gasteiger partial charge in [-0.2, -0.15) is 9.57 Å². The van der Waals surface area contributed by atoms with E-state index in [1.165, 1.54) is 0 Å². The van der Waals surface area contributed by atoms with Gasteiger partial charge in [0.05, 0.1) is 16.5 Å². The summed E-state index contributed by atoms with van der Waals surface area (Å²) in [6, 6.07) is 8.87. The van der Waals surface area contributed by atoms with Gasteiger partial charge in [0.15, 0.2) is 17.5 Å². The second-order valence-corrected chi connectivity index (χ2v) is 10.5. The topological polar surface area (TPSA) is 70.9 Å². The lowest BCUT2D eigenvalue weighted by molar-refractivity contribution is 0.181. The first-order chi connectivity index (χ1) is 16.0. The zero-order valence-electron chi connectivity index (χ0n) is 19.4. The molecule has 0 N–H and O–H groups in total. The molecule has 0 bridgehead atoms. The monoisotopic (exact) mass is 495 g/mol. The lowest BCUT2D eigenvalue weighted by atomic mass is 10.1. The van der Waals surface area contributed by atoms with Crippen LogP contribution in [0.2, 0.25) is 0 Å². The smallest absolute Gasteiger partial charge is 0.243 e. The number of anilines is 1. The number of halogens is 3. The predicted molar refractivity (Wildman–Crippen MR) is 123 cm³/mol. The van der Waals surface area contributed by atoms with Crippen LogP contribution in [0.1, 0.15) is 11.1 Å². The number of benzene rings is 2. The Kier molecular flexibility index (Phi) is 8.20. The molecule has 0 unspecified atom stereocenters. The Balaban J connectivity index is 1.69. The van der Waals surface area contributed by atoms with Gasteiger partial charge in [0, 0.05) is 58.5 Å². The van der Waals surface area contributed by atoms with Crippen LogP contribution in [-0.4, -0.2) is 82.9 Å². The highest BCUT2D eigenvalue weighted by Crippen LogP contribution is 2.24. The van der Waals surface area contributed by atoms with Gasteiger partial charge in [0.25, 0.3) is 0 Å². The number of likely N-dealkylation sites (N-methyl/N-ethyl adjacent to an activating group) is 2. The standard InChI is InChI=1S/C23H28F3N5O2S/c1-28(2)6-7-29(3)19-5-4-17(15-27)18(12-19)16-30-8-10-31(11-9-30)34(32,33)20-13-21(24)23(26)22(25)14-20/h4-5,12-14H,6-11,16H2,1-3H3. The molecule has 1 fully saturated rings. The number of nitrogens with zero attached hydrogens (tertiary/aromatic N) is 5. The fraction of sp³-hybridized carbons (Fsp3) is 0.435. The van der Waals surface area contributed by atoms with Gasteiger partial charge in [-0.25, -0.2) is 21.6 Å². The molecule has 0 radical (unpaired) electrons. The lowest BCUT2D eigenvalue weighted by Gasteiger charge is -2.34. The van der Waals surface area contributed by atoms with Crippen molar-refractivity contribution in [1.82, 2.24) is 14.1 Å². The van der Waals surface area contributed by atoms with Crippen molar-refractivity contribution in [1.29, 1.82) is 5.26 Å². The molecule has 1 saturated heterocycles. The highest BCUT2D eigenvalue weighted by atomic mass is 32.2. The maximum Gasteiger partial charge on any atom is 0.243 e. The third-order valence-corrected chi connectivity index (χ3v) is 7.73. The van der Waals surface area contributed by atoms with Gasteiger partial charge in [0.1, 0.15) is 0 Å². The largest absolute Gasteiger partial charge is 0.373 e. The molecule has 0 aromatic heterocycles. The van der Waals surface area contributed by atoms with E-state index in [4.69, 9.17) is 0 Å². The number of hydrogen-bond acceptors (Lipinski definition) is 6. The fourth-order valence-corrected chi connectivity index (χ4v) is 5.18. The van der Waals surface area contributed by atoms with Gasteiger partial charge >= 0.3 is 0 Å². The van der Waals surface area contributed by atoms with Gasteiger partial charge < -0.3 is 9.80 Å². The number of piperazine rings is 1. The molecule has 34 heavy (non-hydrogen) atoms. The summed E-state index contributed by atoms with van der Waals surface area (Å²) >= 11 is 0. The van der Waals surface area contributed by atoms with E-state index in [-0.39, 0.29) is 13.1 Å². The molecular weight excluding hydrogens is 467 g/mol. The zero-order chi connectivity index (χ0) is 25.0. The maximum atomic E-state index is 13.6. The molecule has 0 amide bonds. The van der Waals surface area contributed by atoms with Crippen LogP contribution < -0.4 is 4.90 Å². The van der Waals surface area contributed by atoms with E-state index in [9.17, 15) is 26.9 Å². The normalized spacial score (nSPS) is 15.5. The van der Waals surface area contributed by atoms with E-state index in [0.29, 0.717) is 37.3 Å². The van der Waals surface area contributed by atoms with Gasteiger partial charge in [-0.15, -0.1) is 0 Å². The molecule has 0 spiro atoms. The molecule has 1 aliphatic heterocycles. The SMILES string of the molecule is CN(C)CCN(C)c1ccc(C#N)c(CN2CCN(S(=O)(=O)c3cc(F)c(F)c(F)c3)CC2)c1. The first kappa shape index (κ1) is 26.0. The van der Waals surface area contributed by atoms with Crippen LogP contribution in [0.15, 0.2) is 35.2 Å². The van der Waals surface area contributed by atoms with Crippen molar-refractivity contribution in [2.75, 3.05) is 65.3 Å². The zero-order valence-corrected chi connectivity index (χ0v) is 20.2. The Bertz CT molecular complexity index is 1150. The third kappa shape index (κ3) is 5.88. The minimum absolute atomic E-state index is 0.104. The minimum atomic E-state index is -4.17. The van der Waals surface area contributed by atoms with E-state index in [0.717, 1.165) is 28.6 Å². The molecule has 184 valence electrons. The second-order valence-electron chi connectivity index (χ2n) is 8.56. The van der Waals surface area contributed by atoms with Crippen molar-refractivity contribution < 1.29 is 21.6 Å². The average Bonchev–Trinajstić information content (AvgIpc) is 2.80. The van der Waals surface area contributed by atoms with Gasteiger partial charge in [-0.05, 0) is 50.0 Å². The van der Waals surface area contributed by atoms with Crippen LogP contribution in [0.5, 0.6) is 0 Å². The molecule has 0 atom stereocenters. The summed E-state index contributed by atoms with van der Waals surface area (Å²) in [5.74, 6) is -4.79. The molecule has 1 heterocycles. The number of sulfonamides is 1. The summed E-state index contributed by atoms with van der Waals surface area (Å²) < 4.78 is 67.1. The summed E-state index contributed by atoms with van der Waals surface area (Å²) in [5.41, 5.74) is 2.38. The molecular formula is C23H28F3N5O2S. The maximum absolute atomic E-state index is 13.6. The van der Waals surface area contributed by atoms with E-state index in [2.05, 4.69) is 15.9 Å². The first-order valence-corrected chi connectivity index (χ1v) is 12.2. The van der Waals surface area contributed by atoms with Crippen molar-refractivity contribution in [3.63, 3.8) is 0 Å². The Morgan fingerprint density at radius 1 is 0.971 bits per heavy atom. The minimum Gasteiger partial charge on any atom is -0.373 e.